The Hall–Kier alpha value is -2.69. The number of anilines is 2. The lowest BCUT2D eigenvalue weighted by Crippen LogP contribution is -2.46. The van der Waals surface area contributed by atoms with Gasteiger partial charge in [-0.05, 0) is 18.2 Å². The van der Waals surface area contributed by atoms with Crippen molar-refractivity contribution in [3.63, 3.8) is 0 Å². The largest absolute Gasteiger partial charge is 0.489 e. The summed E-state index contributed by atoms with van der Waals surface area (Å²) in [4.78, 5) is 40.3. The standard InChI is InChI=1S/C19H17ClN3O6S/c20-16-3-4-18(30-16)22(26)8-15-13-9-28-14-7-11(21-5-6-27-10-17(21)24)1-2-12(14)23(13)19(25)29-15/h1-4,7,13,15H,5-6,8-10H2/q+1. The van der Waals surface area contributed by atoms with Gasteiger partial charge in [-0.3, -0.25) is 9.69 Å². The summed E-state index contributed by atoms with van der Waals surface area (Å²) in [5, 5.41) is 0.450. The van der Waals surface area contributed by atoms with Crippen LogP contribution in [-0.2, 0) is 14.3 Å². The molecule has 0 saturated carbocycles. The van der Waals surface area contributed by atoms with Crippen molar-refractivity contribution in [2.24, 2.45) is 0 Å². The van der Waals surface area contributed by atoms with Gasteiger partial charge < -0.3 is 19.1 Å². The molecule has 156 valence electrons. The van der Waals surface area contributed by atoms with E-state index in [4.69, 9.17) is 25.8 Å². The molecule has 2 unspecified atom stereocenters. The number of thiophene rings is 1. The molecule has 2 saturated heterocycles. The molecule has 2 amide bonds. The van der Waals surface area contributed by atoms with Gasteiger partial charge >= 0.3 is 11.1 Å². The predicted molar refractivity (Wildman–Crippen MR) is 109 cm³/mol. The molecule has 1 aromatic carbocycles. The quantitative estimate of drug-likeness (QED) is 0.665. The lowest BCUT2D eigenvalue weighted by atomic mass is 10.1. The van der Waals surface area contributed by atoms with E-state index in [-0.39, 0.29) is 25.7 Å². The summed E-state index contributed by atoms with van der Waals surface area (Å²) in [5.74, 6) is 0.365. The van der Waals surface area contributed by atoms with Gasteiger partial charge in [-0.15, -0.1) is 0 Å². The fourth-order valence-corrected chi connectivity index (χ4v) is 4.78. The number of morpholine rings is 1. The second-order valence-corrected chi connectivity index (χ2v) is 8.75. The molecule has 0 radical (unpaired) electrons. The van der Waals surface area contributed by atoms with E-state index in [0.717, 1.165) is 4.76 Å². The number of ether oxygens (including phenoxy) is 3. The number of cyclic esters (lactones) is 1. The lowest BCUT2D eigenvalue weighted by Gasteiger charge is -2.32. The average molecular weight is 451 g/mol. The number of carbonyl (C=O) groups excluding carboxylic acids is 2. The SMILES string of the molecule is O=C1COCCN1c1ccc2c(c1)OCC1C(C[N+](=O)c3ccc(Cl)s3)OC(=O)N21. The average Bonchev–Trinajstić information content (AvgIpc) is 3.31. The first-order valence-corrected chi connectivity index (χ1v) is 10.6. The fraction of sp³-hybridized carbons (Fsp3) is 0.368. The third kappa shape index (κ3) is 3.30. The zero-order valence-electron chi connectivity index (χ0n) is 15.7. The molecule has 0 spiro atoms. The summed E-state index contributed by atoms with van der Waals surface area (Å²) in [6.07, 6.45) is -1.17. The molecule has 4 heterocycles. The van der Waals surface area contributed by atoms with Crippen LogP contribution in [0, 0.1) is 4.91 Å². The third-order valence-corrected chi connectivity index (χ3v) is 6.51. The second kappa shape index (κ2) is 7.53. The molecule has 1 aromatic heterocycles. The number of nitrogens with zero attached hydrogens (tertiary/aromatic N) is 3. The molecule has 0 bridgehead atoms. The molecule has 0 aliphatic carbocycles. The summed E-state index contributed by atoms with van der Waals surface area (Å²) in [6.45, 7) is 1.13. The molecular weight excluding hydrogens is 434 g/mol. The van der Waals surface area contributed by atoms with Gasteiger partial charge in [-0.25, -0.2) is 4.79 Å². The Balaban J connectivity index is 1.36. The van der Waals surface area contributed by atoms with E-state index in [1.54, 1.807) is 35.2 Å². The van der Waals surface area contributed by atoms with E-state index in [1.165, 1.54) is 16.2 Å². The van der Waals surface area contributed by atoms with Crippen molar-refractivity contribution in [3.8, 4) is 5.75 Å². The van der Waals surface area contributed by atoms with Crippen molar-refractivity contribution in [3.05, 3.63) is 39.6 Å². The monoisotopic (exact) mass is 450 g/mol. The van der Waals surface area contributed by atoms with E-state index in [0.29, 0.717) is 39.6 Å². The topological polar surface area (TPSA) is 88.4 Å². The van der Waals surface area contributed by atoms with Gasteiger partial charge in [0.2, 0.25) is 6.54 Å². The van der Waals surface area contributed by atoms with Crippen LogP contribution in [0.25, 0.3) is 0 Å². The van der Waals surface area contributed by atoms with Crippen molar-refractivity contribution < 1.29 is 28.6 Å². The minimum Gasteiger partial charge on any atom is -0.489 e. The fourth-order valence-electron chi connectivity index (χ4n) is 3.83. The highest BCUT2D eigenvalue weighted by Gasteiger charge is 2.49. The number of hydrogen-bond donors (Lipinski definition) is 0. The molecule has 2 aromatic rings. The number of nitroso groups, excluding NO2 is 1. The maximum absolute atomic E-state index is 12.6. The van der Waals surface area contributed by atoms with Crippen LogP contribution in [0.2, 0.25) is 4.34 Å². The molecule has 2 atom stereocenters. The van der Waals surface area contributed by atoms with Gasteiger partial charge in [0.05, 0.1) is 21.4 Å². The molecule has 30 heavy (non-hydrogen) atoms. The summed E-state index contributed by atoms with van der Waals surface area (Å²) >= 11 is 7.06. The lowest BCUT2D eigenvalue weighted by molar-refractivity contribution is -0.469. The van der Waals surface area contributed by atoms with Gasteiger partial charge in [0.25, 0.3) is 5.91 Å². The number of hydrogen-bond acceptors (Lipinski definition) is 7. The summed E-state index contributed by atoms with van der Waals surface area (Å²) < 4.78 is 17.8. The zero-order chi connectivity index (χ0) is 20.8. The molecule has 0 N–H and O–H groups in total. The maximum atomic E-state index is 12.6. The Labute approximate surface area is 180 Å². The van der Waals surface area contributed by atoms with Crippen molar-refractivity contribution >= 4 is 51.3 Å². The molecule has 3 aliphatic heterocycles. The normalized spacial score (nSPS) is 23.0. The third-order valence-electron chi connectivity index (χ3n) is 5.27. The molecule has 5 rings (SSSR count). The maximum Gasteiger partial charge on any atom is 0.415 e. The van der Waals surface area contributed by atoms with Crippen LogP contribution in [-0.4, -0.2) is 61.8 Å². The minimum absolute atomic E-state index is 0.0250. The number of benzene rings is 1. The number of carbonyl (C=O) groups is 2. The Morgan fingerprint density at radius 2 is 2.10 bits per heavy atom. The molecule has 2 fully saturated rings. The van der Waals surface area contributed by atoms with Gasteiger partial charge in [-0.1, -0.05) is 22.9 Å². The van der Waals surface area contributed by atoms with Gasteiger partial charge in [0.15, 0.2) is 6.10 Å². The summed E-state index contributed by atoms with van der Waals surface area (Å²) in [7, 11) is 0. The second-order valence-electron chi connectivity index (χ2n) is 7.06. The minimum atomic E-state index is -0.649. The van der Waals surface area contributed by atoms with Crippen LogP contribution in [0.3, 0.4) is 0 Å². The van der Waals surface area contributed by atoms with Crippen molar-refractivity contribution in [2.75, 3.05) is 42.7 Å². The van der Waals surface area contributed by atoms with Crippen LogP contribution in [0.5, 0.6) is 5.75 Å². The van der Waals surface area contributed by atoms with Crippen LogP contribution >= 0.6 is 22.9 Å². The number of fused-ring (bicyclic) bond motifs is 3. The Kier molecular flexibility index (Phi) is 4.84. The van der Waals surface area contributed by atoms with Crippen molar-refractivity contribution in [1.29, 1.82) is 0 Å². The predicted octanol–water partition coefficient (Wildman–Crippen LogP) is 2.96. The highest BCUT2D eigenvalue weighted by Crippen LogP contribution is 2.41. The van der Waals surface area contributed by atoms with E-state index in [9.17, 15) is 14.5 Å². The smallest absolute Gasteiger partial charge is 0.415 e. The van der Waals surface area contributed by atoms with Crippen LogP contribution in [0.15, 0.2) is 30.3 Å². The first-order chi connectivity index (χ1) is 14.5. The first-order valence-electron chi connectivity index (χ1n) is 9.36. The van der Waals surface area contributed by atoms with Crippen LogP contribution < -0.4 is 14.5 Å². The van der Waals surface area contributed by atoms with E-state index < -0.39 is 18.2 Å². The van der Waals surface area contributed by atoms with Crippen LogP contribution in [0.1, 0.15) is 0 Å². The number of amides is 2. The molecule has 9 nitrogen and oxygen atoms in total. The van der Waals surface area contributed by atoms with E-state index in [1.807, 2.05) is 0 Å². The van der Waals surface area contributed by atoms with Crippen molar-refractivity contribution in [2.45, 2.75) is 12.1 Å². The molecular formula is C19H17ClN3O6S+. The Morgan fingerprint density at radius 1 is 1.23 bits per heavy atom. The molecule has 3 aliphatic rings. The molecule has 11 heteroatoms. The summed E-state index contributed by atoms with van der Waals surface area (Å²) in [5.41, 5.74) is 1.24. The van der Waals surface area contributed by atoms with Crippen molar-refractivity contribution in [1.82, 2.24) is 0 Å². The Bertz CT molecular complexity index is 1040. The first kappa shape index (κ1) is 19.3. The van der Waals surface area contributed by atoms with E-state index >= 15 is 0 Å². The number of halogens is 1. The Morgan fingerprint density at radius 3 is 2.87 bits per heavy atom. The highest BCUT2D eigenvalue weighted by atomic mass is 35.5. The highest BCUT2D eigenvalue weighted by molar-refractivity contribution is 7.19. The number of rotatable bonds is 4. The van der Waals surface area contributed by atoms with Gasteiger partial charge in [0, 0.05) is 29.3 Å². The van der Waals surface area contributed by atoms with Gasteiger partial charge in [-0.2, -0.15) is 0 Å². The van der Waals surface area contributed by atoms with Gasteiger partial charge in [0.1, 0.15) is 25.0 Å². The summed E-state index contributed by atoms with van der Waals surface area (Å²) in [6, 6.07) is 8.10. The van der Waals surface area contributed by atoms with E-state index in [2.05, 4.69) is 0 Å². The van der Waals surface area contributed by atoms with Crippen LogP contribution in [0.4, 0.5) is 21.2 Å². The zero-order valence-corrected chi connectivity index (χ0v) is 17.2.